The second kappa shape index (κ2) is 5.18. The maximum absolute atomic E-state index is 11.2. The predicted octanol–water partition coefficient (Wildman–Crippen LogP) is 2.24. The Hall–Kier alpha value is -2.56. The molecule has 2 aromatic rings. The Morgan fingerprint density at radius 3 is 2.56 bits per heavy atom. The van der Waals surface area contributed by atoms with E-state index in [9.17, 15) is 4.79 Å². The van der Waals surface area contributed by atoms with E-state index in [1.807, 2.05) is 0 Å². The van der Waals surface area contributed by atoms with Crippen molar-refractivity contribution in [2.45, 2.75) is 0 Å². The lowest BCUT2D eigenvalue weighted by molar-refractivity contribution is 0.0600. The van der Waals surface area contributed by atoms with Gasteiger partial charge in [-0.05, 0) is 30.3 Å². The number of nitrogens with two attached hydrogens (primary N) is 1. The molecular formula is C13H12N2O3. The molecule has 0 bridgehead atoms. The number of aromatic nitrogens is 1. The second-order valence-electron chi connectivity index (χ2n) is 3.55. The quantitative estimate of drug-likeness (QED) is 0.838. The van der Waals surface area contributed by atoms with Gasteiger partial charge in [-0.25, -0.2) is 9.78 Å². The lowest BCUT2D eigenvalue weighted by Gasteiger charge is -2.05. The molecule has 0 aliphatic heterocycles. The van der Waals surface area contributed by atoms with Crippen molar-refractivity contribution in [3.63, 3.8) is 0 Å². The van der Waals surface area contributed by atoms with Gasteiger partial charge in [-0.15, -0.1) is 0 Å². The van der Waals surface area contributed by atoms with Crippen LogP contribution in [0.3, 0.4) is 0 Å². The molecule has 5 heteroatoms. The molecule has 1 aromatic carbocycles. The maximum Gasteiger partial charge on any atom is 0.337 e. The van der Waals surface area contributed by atoms with Gasteiger partial charge in [-0.3, -0.25) is 0 Å². The standard InChI is InChI=1S/C13H12N2O3/c1-17-13(16)9-2-4-11(5-3-9)18-12-8-10(14)6-7-15-12/h2-8H,1H3,(H2,14,15). The molecule has 92 valence electrons. The van der Waals surface area contributed by atoms with Crippen LogP contribution in [-0.2, 0) is 4.74 Å². The van der Waals surface area contributed by atoms with Crippen molar-refractivity contribution in [3.05, 3.63) is 48.2 Å². The number of pyridine rings is 1. The number of esters is 1. The Labute approximate surface area is 104 Å². The van der Waals surface area contributed by atoms with Crippen LogP contribution in [0.1, 0.15) is 10.4 Å². The van der Waals surface area contributed by atoms with Crippen LogP contribution in [0, 0.1) is 0 Å². The number of benzene rings is 1. The Balaban J connectivity index is 2.13. The number of nitrogens with zero attached hydrogens (tertiary/aromatic N) is 1. The van der Waals surface area contributed by atoms with Crippen molar-refractivity contribution >= 4 is 11.7 Å². The van der Waals surface area contributed by atoms with E-state index in [-0.39, 0.29) is 5.97 Å². The largest absolute Gasteiger partial charge is 0.465 e. The average molecular weight is 244 g/mol. The predicted molar refractivity (Wildman–Crippen MR) is 66.5 cm³/mol. The van der Waals surface area contributed by atoms with E-state index in [1.165, 1.54) is 7.11 Å². The molecule has 0 spiro atoms. The fourth-order valence-electron chi connectivity index (χ4n) is 1.38. The fourth-order valence-corrected chi connectivity index (χ4v) is 1.38. The zero-order valence-corrected chi connectivity index (χ0v) is 9.79. The Morgan fingerprint density at radius 2 is 1.94 bits per heavy atom. The molecule has 5 nitrogen and oxygen atoms in total. The van der Waals surface area contributed by atoms with Gasteiger partial charge >= 0.3 is 5.97 Å². The lowest BCUT2D eigenvalue weighted by atomic mass is 10.2. The number of hydrogen-bond acceptors (Lipinski definition) is 5. The number of nitrogen functional groups attached to an aromatic ring is 1. The lowest BCUT2D eigenvalue weighted by Crippen LogP contribution is -2.00. The van der Waals surface area contributed by atoms with Crippen molar-refractivity contribution in [1.82, 2.24) is 4.98 Å². The zero-order chi connectivity index (χ0) is 13.0. The molecule has 1 heterocycles. The van der Waals surface area contributed by atoms with Crippen molar-refractivity contribution in [1.29, 1.82) is 0 Å². The van der Waals surface area contributed by atoms with Crippen LogP contribution in [-0.4, -0.2) is 18.1 Å². The molecule has 1 aromatic heterocycles. The van der Waals surface area contributed by atoms with E-state index in [0.717, 1.165) is 0 Å². The minimum atomic E-state index is -0.386. The number of anilines is 1. The van der Waals surface area contributed by atoms with Crippen LogP contribution in [0.5, 0.6) is 11.6 Å². The molecule has 0 unspecified atom stereocenters. The molecule has 0 atom stereocenters. The van der Waals surface area contributed by atoms with Crippen LogP contribution in [0.2, 0.25) is 0 Å². The van der Waals surface area contributed by atoms with Crippen molar-refractivity contribution in [2.75, 3.05) is 12.8 Å². The molecule has 18 heavy (non-hydrogen) atoms. The molecule has 0 fully saturated rings. The summed E-state index contributed by atoms with van der Waals surface area (Å²) in [5.41, 5.74) is 6.65. The van der Waals surface area contributed by atoms with Crippen molar-refractivity contribution in [3.8, 4) is 11.6 Å². The first-order valence-electron chi connectivity index (χ1n) is 5.27. The summed E-state index contributed by atoms with van der Waals surface area (Å²) in [6, 6.07) is 9.86. The molecule has 2 N–H and O–H groups in total. The number of carbonyl (C=O) groups excluding carboxylic acids is 1. The molecule has 0 radical (unpaired) electrons. The fraction of sp³-hybridized carbons (Fsp3) is 0.0769. The van der Waals surface area contributed by atoms with Crippen LogP contribution in [0.15, 0.2) is 42.6 Å². The number of carbonyl (C=O) groups is 1. The Bertz CT molecular complexity index is 552. The molecule has 0 aliphatic carbocycles. The highest BCUT2D eigenvalue weighted by Crippen LogP contribution is 2.21. The number of ether oxygens (including phenoxy) is 2. The summed E-state index contributed by atoms with van der Waals surface area (Å²) in [5, 5.41) is 0. The van der Waals surface area contributed by atoms with E-state index < -0.39 is 0 Å². The van der Waals surface area contributed by atoms with Gasteiger partial charge in [0, 0.05) is 18.0 Å². The van der Waals surface area contributed by atoms with Gasteiger partial charge in [0.05, 0.1) is 12.7 Å². The molecule has 0 aliphatic rings. The SMILES string of the molecule is COC(=O)c1ccc(Oc2cc(N)ccn2)cc1. The Morgan fingerprint density at radius 1 is 1.22 bits per heavy atom. The summed E-state index contributed by atoms with van der Waals surface area (Å²) in [7, 11) is 1.34. The smallest absolute Gasteiger partial charge is 0.337 e. The molecule has 2 rings (SSSR count). The second-order valence-corrected chi connectivity index (χ2v) is 3.55. The molecule has 0 saturated heterocycles. The summed E-state index contributed by atoms with van der Waals surface area (Å²) in [4.78, 5) is 15.3. The van der Waals surface area contributed by atoms with E-state index in [0.29, 0.717) is 22.9 Å². The van der Waals surface area contributed by atoms with Gasteiger partial charge in [0.25, 0.3) is 0 Å². The van der Waals surface area contributed by atoms with Gasteiger partial charge in [0.15, 0.2) is 0 Å². The third kappa shape index (κ3) is 2.76. The summed E-state index contributed by atoms with van der Waals surface area (Å²) < 4.78 is 10.1. The first-order valence-corrected chi connectivity index (χ1v) is 5.27. The van der Waals surface area contributed by atoms with Gasteiger partial charge in [0.1, 0.15) is 5.75 Å². The minimum Gasteiger partial charge on any atom is -0.465 e. The topological polar surface area (TPSA) is 74.4 Å². The highest BCUT2D eigenvalue weighted by Gasteiger charge is 2.05. The van der Waals surface area contributed by atoms with Crippen LogP contribution in [0.25, 0.3) is 0 Å². The van der Waals surface area contributed by atoms with Crippen LogP contribution in [0.4, 0.5) is 5.69 Å². The molecule has 0 saturated carbocycles. The number of rotatable bonds is 3. The number of hydrogen-bond donors (Lipinski definition) is 1. The summed E-state index contributed by atoms with van der Waals surface area (Å²) >= 11 is 0. The van der Waals surface area contributed by atoms with E-state index in [4.69, 9.17) is 10.5 Å². The first kappa shape index (κ1) is 11.9. The minimum absolute atomic E-state index is 0.386. The normalized spacial score (nSPS) is 9.83. The number of methoxy groups -OCH3 is 1. The van der Waals surface area contributed by atoms with Gasteiger partial charge < -0.3 is 15.2 Å². The van der Waals surface area contributed by atoms with Gasteiger partial charge in [-0.2, -0.15) is 0 Å². The van der Waals surface area contributed by atoms with Crippen LogP contribution < -0.4 is 10.5 Å². The average Bonchev–Trinajstić information content (AvgIpc) is 2.39. The van der Waals surface area contributed by atoms with Crippen LogP contribution >= 0.6 is 0 Å². The Kier molecular flexibility index (Phi) is 3.43. The van der Waals surface area contributed by atoms with E-state index in [2.05, 4.69) is 9.72 Å². The summed E-state index contributed by atoms with van der Waals surface area (Å²) in [6.45, 7) is 0. The summed E-state index contributed by atoms with van der Waals surface area (Å²) in [6.07, 6.45) is 1.56. The zero-order valence-electron chi connectivity index (χ0n) is 9.79. The highest BCUT2D eigenvalue weighted by atomic mass is 16.5. The molecular weight excluding hydrogens is 232 g/mol. The third-order valence-corrected chi connectivity index (χ3v) is 2.26. The maximum atomic E-state index is 11.2. The van der Waals surface area contributed by atoms with E-state index >= 15 is 0 Å². The van der Waals surface area contributed by atoms with Crippen molar-refractivity contribution in [2.24, 2.45) is 0 Å². The van der Waals surface area contributed by atoms with Gasteiger partial charge in [-0.1, -0.05) is 0 Å². The van der Waals surface area contributed by atoms with Crippen molar-refractivity contribution < 1.29 is 14.3 Å². The third-order valence-electron chi connectivity index (χ3n) is 2.26. The highest BCUT2D eigenvalue weighted by molar-refractivity contribution is 5.89. The monoisotopic (exact) mass is 244 g/mol. The van der Waals surface area contributed by atoms with E-state index in [1.54, 1.807) is 42.6 Å². The van der Waals surface area contributed by atoms with Gasteiger partial charge in [0.2, 0.25) is 5.88 Å². The summed E-state index contributed by atoms with van der Waals surface area (Å²) in [5.74, 6) is 0.588. The first-order chi connectivity index (χ1) is 8.69. The molecule has 0 amide bonds.